The van der Waals surface area contributed by atoms with E-state index in [-0.39, 0.29) is 5.91 Å². The van der Waals surface area contributed by atoms with Crippen molar-refractivity contribution in [1.29, 1.82) is 0 Å². The number of methoxy groups -OCH3 is 2. The molecule has 3 aromatic rings. The van der Waals surface area contributed by atoms with Crippen molar-refractivity contribution < 1.29 is 23.7 Å². The zero-order chi connectivity index (χ0) is 24.1. The first-order valence-corrected chi connectivity index (χ1v) is 11.3. The van der Waals surface area contributed by atoms with E-state index in [1.165, 1.54) is 0 Å². The van der Waals surface area contributed by atoms with E-state index in [2.05, 4.69) is 10.1 Å². The highest BCUT2D eigenvalue weighted by atomic mass is 16.6. The summed E-state index contributed by atoms with van der Waals surface area (Å²) in [5.74, 6) is 0.952. The van der Waals surface area contributed by atoms with Crippen LogP contribution in [0.5, 0.6) is 11.6 Å². The third-order valence-corrected chi connectivity index (χ3v) is 5.73. The number of carbonyl (C=O) groups is 1. The summed E-state index contributed by atoms with van der Waals surface area (Å²) in [6, 6.07) is 5.95. The lowest BCUT2D eigenvalue weighted by Gasteiger charge is -2.12. The summed E-state index contributed by atoms with van der Waals surface area (Å²) < 4.78 is 23.4. The Kier molecular flexibility index (Phi) is 7.44. The van der Waals surface area contributed by atoms with Crippen molar-refractivity contribution in [2.24, 2.45) is 0 Å². The van der Waals surface area contributed by atoms with Gasteiger partial charge in [0.25, 0.3) is 11.8 Å². The fraction of sp³-hybridized carbons (Fsp3) is 0.400. The normalized spacial score (nSPS) is 12.8. The van der Waals surface area contributed by atoms with Crippen LogP contribution in [0, 0.1) is 6.92 Å². The molecule has 0 N–H and O–H groups in total. The summed E-state index contributed by atoms with van der Waals surface area (Å²) in [7, 11) is 3.22. The first-order chi connectivity index (χ1) is 16.5. The first kappa shape index (κ1) is 23.7. The molecule has 0 bridgehead atoms. The van der Waals surface area contributed by atoms with Crippen molar-refractivity contribution in [1.82, 2.24) is 14.8 Å². The summed E-state index contributed by atoms with van der Waals surface area (Å²) in [4.78, 5) is 19.3. The maximum Gasteiger partial charge on any atom is 0.259 e. The van der Waals surface area contributed by atoms with Crippen LogP contribution in [0.2, 0.25) is 0 Å². The Labute approximate surface area is 199 Å². The smallest absolute Gasteiger partial charge is 0.259 e. The molecule has 0 radical (unpaired) electrons. The van der Waals surface area contributed by atoms with Crippen molar-refractivity contribution >= 4 is 11.6 Å². The van der Waals surface area contributed by atoms with E-state index in [1.54, 1.807) is 31.5 Å². The molecule has 9 heteroatoms. The molecular formula is C25H30N4O5. The molecule has 1 aliphatic rings. The highest BCUT2D eigenvalue weighted by Gasteiger charge is 2.31. The summed E-state index contributed by atoms with van der Waals surface area (Å²) in [6.07, 6.45) is 5.39. The second-order valence-corrected chi connectivity index (χ2v) is 7.96. The number of carbonyl (C=O) groups excluding carboxylic acids is 1. The van der Waals surface area contributed by atoms with E-state index in [9.17, 15) is 4.79 Å². The van der Waals surface area contributed by atoms with Gasteiger partial charge in [0.15, 0.2) is 5.75 Å². The van der Waals surface area contributed by atoms with E-state index in [0.29, 0.717) is 44.6 Å². The zero-order valence-corrected chi connectivity index (χ0v) is 20.0. The molecule has 1 aliphatic heterocycles. The number of ether oxygens (including phenoxy) is 4. The van der Waals surface area contributed by atoms with Crippen LogP contribution in [0.1, 0.15) is 28.4 Å². The van der Waals surface area contributed by atoms with Crippen LogP contribution in [-0.4, -0.2) is 61.3 Å². The minimum Gasteiger partial charge on any atom is -0.491 e. The van der Waals surface area contributed by atoms with Gasteiger partial charge in [0.1, 0.15) is 6.61 Å². The number of pyridine rings is 1. The summed E-state index contributed by atoms with van der Waals surface area (Å²) >= 11 is 0. The Morgan fingerprint density at radius 3 is 2.59 bits per heavy atom. The fourth-order valence-electron chi connectivity index (χ4n) is 3.99. The van der Waals surface area contributed by atoms with Gasteiger partial charge in [-0.1, -0.05) is 6.07 Å². The second kappa shape index (κ2) is 10.7. The van der Waals surface area contributed by atoms with Gasteiger partial charge in [-0.3, -0.25) is 9.48 Å². The lowest BCUT2D eigenvalue weighted by molar-refractivity contribution is 0.0532. The summed E-state index contributed by atoms with van der Waals surface area (Å²) in [5.41, 5.74) is 5.32. The van der Waals surface area contributed by atoms with Gasteiger partial charge in [-0.15, -0.1) is 0 Å². The number of amides is 1. The maximum atomic E-state index is 13.1. The molecule has 0 aliphatic carbocycles. The maximum absolute atomic E-state index is 13.1. The van der Waals surface area contributed by atoms with E-state index < -0.39 is 0 Å². The van der Waals surface area contributed by atoms with Gasteiger partial charge in [0.2, 0.25) is 0 Å². The Bertz CT molecular complexity index is 1160. The van der Waals surface area contributed by atoms with E-state index in [0.717, 1.165) is 40.0 Å². The van der Waals surface area contributed by atoms with Crippen LogP contribution in [-0.2, 0) is 22.6 Å². The standard InChI is InChI=1S/C25H30N4O5/c1-5-28-16-21(14-27-28)29-15-20-11-18(10-17(2)23(20)25(29)30)19-12-22(32-4)24(26-13-19)34-9-8-33-7-6-31-3/h10-14,16H,5-9,15H2,1-4H3. The molecule has 0 atom stereocenters. The first-order valence-electron chi connectivity index (χ1n) is 11.3. The van der Waals surface area contributed by atoms with Gasteiger partial charge in [0.05, 0.1) is 45.4 Å². The fourth-order valence-corrected chi connectivity index (χ4v) is 3.99. The molecule has 0 unspecified atom stereocenters. The Morgan fingerprint density at radius 1 is 1.03 bits per heavy atom. The Morgan fingerprint density at radius 2 is 1.85 bits per heavy atom. The Hall–Kier alpha value is -3.43. The number of nitrogens with zero attached hydrogens (tertiary/aromatic N) is 4. The predicted molar refractivity (Wildman–Crippen MR) is 128 cm³/mol. The SMILES string of the molecule is CCn1cc(N2Cc3cc(-c4cnc(OCCOCCOC)c(OC)c4)cc(C)c3C2=O)cn1. The third kappa shape index (κ3) is 4.90. The molecule has 34 heavy (non-hydrogen) atoms. The van der Waals surface area contributed by atoms with Gasteiger partial charge >= 0.3 is 0 Å². The lowest BCUT2D eigenvalue weighted by Crippen LogP contribution is -2.22. The molecule has 0 spiro atoms. The van der Waals surface area contributed by atoms with Crippen LogP contribution in [0.25, 0.3) is 11.1 Å². The summed E-state index contributed by atoms with van der Waals surface area (Å²) in [5, 5.41) is 4.31. The zero-order valence-electron chi connectivity index (χ0n) is 20.0. The number of fused-ring (bicyclic) bond motifs is 1. The van der Waals surface area contributed by atoms with E-state index in [4.69, 9.17) is 18.9 Å². The minimum atomic E-state index is 0.00174. The number of rotatable bonds is 11. The third-order valence-electron chi connectivity index (χ3n) is 5.73. The van der Waals surface area contributed by atoms with Gasteiger partial charge < -0.3 is 23.8 Å². The molecule has 0 saturated carbocycles. The van der Waals surface area contributed by atoms with Crippen molar-refractivity contribution in [3.8, 4) is 22.8 Å². The highest BCUT2D eigenvalue weighted by Crippen LogP contribution is 2.36. The van der Waals surface area contributed by atoms with Crippen LogP contribution in [0.3, 0.4) is 0 Å². The van der Waals surface area contributed by atoms with Crippen molar-refractivity contribution in [3.05, 3.63) is 53.5 Å². The molecule has 4 rings (SSSR count). The topological polar surface area (TPSA) is 87.9 Å². The van der Waals surface area contributed by atoms with Gasteiger partial charge in [-0.05, 0) is 42.7 Å². The number of benzene rings is 1. The molecule has 0 fully saturated rings. The van der Waals surface area contributed by atoms with Crippen LogP contribution in [0.4, 0.5) is 5.69 Å². The number of aromatic nitrogens is 3. The van der Waals surface area contributed by atoms with E-state index in [1.807, 2.05) is 42.9 Å². The van der Waals surface area contributed by atoms with Gasteiger partial charge in [0, 0.05) is 37.2 Å². The molecule has 3 heterocycles. The lowest BCUT2D eigenvalue weighted by atomic mass is 9.97. The largest absolute Gasteiger partial charge is 0.491 e. The number of hydrogen-bond acceptors (Lipinski definition) is 7. The average molecular weight is 467 g/mol. The molecule has 1 aromatic carbocycles. The number of hydrogen-bond donors (Lipinski definition) is 0. The van der Waals surface area contributed by atoms with E-state index >= 15 is 0 Å². The molecule has 1 amide bonds. The molecular weight excluding hydrogens is 436 g/mol. The summed E-state index contributed by atoms with van der Waals surface area (Å²) in [6.45, 7) is 7.09. The van der Waals surface area contributed by atoms with Crippen LogP contribution >= 0.6 is 0 Å². The van der Waals surface area contributed by atoms with Crippen LogP contribution < -0.4 is 14.4 Å². The molecule has 0 saturated heterocycles. The highest BCUT2D eigenvalue weighted by molar-refractivity contribution is 6.11. The number of aryl methyl sites for hydroxylation is 2. The predicted octanol–water partition coefficient (Wildman–Crippen LogP) is 3.48. The van der Waals surface area contributed by atoms with Crippen molar-refractivity contribution in [2.75, 3.05) is 45.5 Å². The molecule has 180 valence electrons. The van der Waals surface area contributed by atoms with Gasteiger partial charge in [-0.2, -0.15) is 5.10 Å². The number of anilines is 1. The quantitative estimate of drug-likeness (QED) is 0.400. The van der Waals surface area contributed by atoms with Crippen LogP contribution in [0.15, 0.2) is 36.8 Å². The molecule has 9 nitrogen and oxygen atoms in total. The second-order valence-electron chi connectivity index (χ2n) is 7.96. The van der Waals surface area contributed by atoms with Crippen molar-refractivity contribution in [3.63, 3.8) is 0 Å². The average Bonchev–Trinajstić information content (AvgIpc) is 3.45. The minimum absolute atomic E-state index is 0.00174. The monoisotopic (exact) mass is 466 g/mol. The molecule has 2 aromatic heterocycles. The Balaban J connectivity index is 1.52. The van der Waals surface area contributed by atoms with Crippen molar-refractivity contribution in [2.45, 2.75) is 26.9 Å². The van der Waals surface area contributed by atoms with Gasteiger partial charge in [-0.25, -0.2) is 4.98 Å².